The number of nitrogens with one attached hydrogen (secondary N) is 3. The minimum absolute atomic E-state index is 0.0464. The van der Waals surface area contributed by atoms with E-state index in [0.29, 0.717) is 32.2 Å². The Morgan fingerprint density at radius 2 is 1.15 bits per heavy atom. The SMILES string of the molecule is CC(C)(C)OC(=O)CC[C@H](NC(=O)N[C@@H](CCCCNC(=O)CCc1cc[c]([Sn]([CH3])([CH3])[CH3])cc1)C(=O)OC(C)(C)C)C(=O)OC(C)(C)C. The largest absolute Gasteiger partial charge is 0.458 e. The van der Waals surface area contributed by atoms with Crippen LogP contribution in [0.15, 0.2) is 24.3 Å². The fraction of sp³-hybridized carbons (Fsp3) is 0.694. The summed E-state index contributed by atoms with van der Waals surface area (Å²) in [5.41, 5.74) is -1.18. The molecule has 0 spiro atoms. The first kappa shape index (κ1) is 43.2. The number of rotatable bonds is 16. The molecule has 0 radical (unpaired) electrons. The summed E-state index contributed by atoms with van der Waals surface area (Å²) >= 11 is -2.10. The van der Waals surface area contributed by atoms with Crippen LogP contribution in [0.1, 0.15) is 106 Å². The van der Waals surface area contributed by atoms with Crippen LogP contribution < -0.4 is 19.5 Å². The van der Waals surface area contributed by atoms with Crippen molar-refractivity contribution in [3.05, 3.63) is 29.8 Å². The van der Waals surface area contributed by atoms with Gasteiger partial charge in [-0.25, -0.2) is 14.4 Å². The molecule has 0 aliphatic rings. The zero-order valence-corrected chi connectivity index (χ0v) is 34.2. The molecule has 0 unspecified atom stereocenters. The van der Waals surface area contributed by atoms with Gasteiger partial charge in [0.2, 0.25) is 0 Å². The van der Waals surface area contributed by atoms with E-state index in [2.05, 4.69) is 55.0 Å². The summed E-state index contributed by atoms with van der Waals surface area (Å²) in [7, 11) is 0. The summed E-state index contributed by atoms with van der Waals surface area (Å²) in [6, 6.07) is 5.67. The molecule has 0 saturated carbocycles. The second-order valence-electron chi connectivity index (χ2n) is 16.2. The second-order valence-corrected chi connectivity index (χ2v) is 30.7. The molecule has 48 heavy (non-hydrogen) atoms. The predicted molar refractivity (Wildman–Crippen MR) is 191 cm³/mol. The van der Waals surface area contributed by atoms with Crippen LogP contribution in [-0.4, -0.2) is 83.7 Å². The molecular weight excluding hydrogens is 721 g/mol. The molecule has 1 rings (SSSR count). The number of ether oxygens (including phenoxy) is 3. The molecular formula is C36H61N3O8Sn. The van der Waals surface area contributed by atoms with Gasteiger partial charge in [0.05, 0.1) is 0 Å². The number of carbonyl (C=O) groups excluding carboxylic acids is 5. The maximum absolute atomic E-state index is 13.1. The molecule has 11 nitrogen and oxygen atoms in total. The Kier molecular flexibility index (Phi) is 16.9. The number of esters is 3. The number of amides is 3. The average Bonchev–Trinajstić information content (AvgIpc) is 2.90. The summed E-state index contributed by atoms with van der Waals surface area (Å²) in [4.78, 5) is 71.0. The normalized spacial score (nSPS) is 13.5. The van der Waals surface area contributed by atoms with Crippen LogP contribution in [0.25, 0.3) is 0 Å². The van der Waals surface area contributed by atoms with Gasteiger partial charge < -0.3 is 24.8 Å². The fourth-order valence-electron chi connectivity index (χ4n) is 4.48. The van der Waals surface area contributed by atoms with E-state index < -0.39 is 71.2 Å². The second kappa shape index (κ2) is 18.8. The third-order valence-electron chi connectivity index (χ3n) is 6.75. The number of urea groups is 1. The minimum atomic E-state index is -2.10. The third-order valence-corrected chi connectivity index (χ3v) is 12.6. The molecule has 272 valence electrons. The van der Waals surface area contributed by atoms with Crippen molar-refractivity contribution in [2.24, 2.45) is 0 Å². The van der Waals surface area contributed by atoms with Gasteiger partial charge in [0.15, 0.2) is 0 Å². The van der Waals surface area contributed by atoms with Gasteiger partial charge in [0, 0.05) is 6.42 Å². The molecule has 3 amide bonds. The first-order chi connectivity index (χ1) is 21.8. The van der Waals surface area contributed by atoms with E-state index in [1.807, 2.05) is 0 Å². The quantitative estimate of drug-likeness (QED) is 0.0887. The molecule has 0 aromatic heterocycles. The van der Waals surface area contributed by atoms with Gasteiger partial charge in [-0.2, -0.15) is 0 Å². The molecule has 0 aliphatic carbocycles. The molecule has 12 heteroatoms. The summed E-state index contributed by atoms with van der Waals surface area (Å²) < 4.78 is 17.8. The molecule has 0 aliphatic heterocycles. The topological polar surface area (TPSA) is 149 Å². The molecule has 1 aromatic carbocycles. The van der Waals surface area contributed by atoms with Gasteiger partial charge >= 0.3 is 145 Å². The van der Waals surface area contributed by atoms with Gasteiger partial charge in [0.25, 0.3) is 0 Å². The number of hydrogen-bond acceptors (Lipinski definition) is 8. The van der Waals surface area contributed by atoms with E-state index >= 15 is 0 Å². The first-order valence-corrected chi connectivity index (χ1v) is 26.9. The van der Waals surface area contributed by atoms with Crippen molar-refractivity contribution in [3.8, 4) is 0 Å². The summed E-state index contributed by atoms with van der Waals surface area (Å²) in [5.74, 6) is -1.90. The Morgan fingerprint density at radius 1 is 0.667 bits per heavy atom. The van der Waals surface area contributed by atoms with Crippen LogP contribution >= 0.6 is 0 Å². The van der Waals surface area contributed by atoms with E-state index in [1.165, 1.54) is 3.58 Å². The number of unbranched alkanes of at least 4 members (excludes halogenated alkanes) is 1. The van der Waals surface area contributed by atoms with Crippen molar-refractivity contribution >= 4 is 51.8 Å². The Bertz CT molecular complexity index is 1220. The summed E-state index contributed by atoms with van der Waals surface area (Å²) in [6.07, 6.45) is 2.20. The standard InChI is InChI=1S/C33H52N3O8.3CH3.Sn/c1-31(2,3)42-27(38)21-19-25(29(40)44-33(7,8)9)36-30(41)35-24(28(39)43-32(4,5)6)17-13-14-22-34-26(37)20-18-23-15-11-10-12-16-23;;;;/h11-12,15-16,24-25H,13-14,17-22H2,1-9H3,(H,34,37)(H2,35,36,41);3*1H3;/t24-,25-;;;;/m0..../s1. The Morgan fingerprint density at radius 3 is 1.60 bits per heavy atom. The van der Waals surface area contributed by atoms with E-state index in [-0.39, 0.29) is 25.2 Å². The smallest absolute Gasteiger partial charge is 0.329 e. The van der Waals surface area contributed by atoms with Gasteiger partial charge in [-0.15, -0.1) is 0 Å². The predicted octanol–water partition coefficient (Wildman–Crippen LogP) is 5.29. The van der Waals surface area contributed by atoms with Crippen molar-refractivity contribution < 1.29 is 38.2 Å². The van der Waals surface area contributed by atoms with Gasteiger partial charge in [-0.1, -0.05) is 0 Å². The average molecular weight is 783 g/mol. The van der Waals surface area contributed by atoms with Crippen molar-refractivity contribution in [1.29, 1.82) is 0 Å². The van der Waals surface area contributed by atoms with Crippen LogP contribution in [0.4, 0.5) is 4.79 Å². The Hall–Kier alpha value is -2.83. The summed E-state index contributed by atoms with van der Waals surface area (Å²) in [6.45, 7) is 15.9. The molecule has 1 aromatic rings. The van der Waals surface area contributed by atoms with Gasteiger partial charge in [0.1, 0.15) is 28.9 Å². The monoisotopic (exact) mass is 783 g/mol. The third kappa shape index (κ3) is 19.9. The number of carbonyl (C=O) groups is 5. The maximum Gasteiger partial charge on any atom is 0.329 e. The number of benzene rings is 1. The van der Waals surface area contributed by atoms with Crippen LogP contribution in [0.3, 0.4) is 0 Å². The Balaban J connectivity index is 2.76. The Labute approximate surface area is 292 Å². The fourth-order valence-corrected chi connectivity index (χ4v) is 7.81. The molecule has 0 saturated heterocycles. The van der Waals surface area contributed by atoms with Crippen molar-refractivity contribution in [2.75, 3.05) is 6.54 Å². The minimum Gasteiger partial charge on any atom is -0.458 e. The molecule has 3 N–H and O–H groups in total. The zero-order chi connectivity index (χ0) is 36.9. The molecule has 0 bridgehead atoms. The van der Waals surface area contributed by atoms with E-state index in [4.69, 9.17) is 14.2 Å². The van der Waals surface area contributed by atoms with Crippen LogP contribution in [-0.2, 0) is 39.8 Å². The maximum atomic E-state index is 13.1. The van der Waals surface area contributed by atoms with Gasteiger partial charge in [-0.05, 0) is 68.7 Å². The molecule has 0 heterocycles. The van der Waals surface area contributed by atoms with Crippen molar-refractivity contribution in [1.82, 2.24) is 16.0 Å². The van der Waals surface area contributed by atoms with Crippen LogP contribution in [0.2, 0.25) is 14.8 Å². The molecule has 0 fully saturated rings. The van der Waals surface area contributed by atoms with Gasteiger partial charge in [-0.3, -0.25) is 4.79 Å². The van der Waals surface area contributed by atoms with Crippen molar-refractivity contribution in [3.63, 3.8) is 0 Å². The van der Waals surface area contributed by atoms with E-state index in [9.17, 15) is 24.0 Å². The number of hydrogen-bond donors (Lipinski definition) is 3. The summed E-state index contributed by atoms with van der Waals surface area (Å²) in [5, 5.41) is 8.13. The van der Waals surface area contributed by atoms with Crippen LogP contribution in [0, 0.1) is 0 Å². The van der Waals surface area contributed by atoms with Crippen LogP contribution in [0.5, 0.6) is 0 Å². The number of aryl methyl sites for hydroxylation is 1. The first-order valence-electron chi connectivity index (χ1n) is 17.0. The van der Waals surface area contributed by atoms with Crippen molar-refractivity contribution in [2.45, 2.75) is 151 Å². The van der Waals surface area contributed by atoms with E-state index in [0.717, 1.165) is 5.56 Å². The zero-order valence-electron chi connectivity index (χ0n) is 31.4. The van der Waals surface area contributed by atoms with E-state index in [1.54, 1.807) is 62.3 Å². The molecule has 2 atom stereocenters.